The average molecular weight is 536 g/mol. The molecule has 2 aromatic carbocycles. The first kappa shape index (κ1) is 25.9. The molecular weight excluding hydrogens is 514 g/mol. The Bertz CT molecular complexity index is 1490. The fourth-order valence-corrected chi connectivity index (χ4v) is 3.93. The Morgan fingerprint density at radius 1 is 1.03 bits per heavy atom. The molecule has 4 rings (SSSR count). The van der Waals surface area contributed by atoms with E-state index in [4.69, 9.17) is 4.74 Å². The lowest BCUT2D eigenvalue weighted by molar-refractivity contribution is -0.140. The molecular formula is C24H21F4N5O3S. The number of alkyl halides is 3. The first-order chi connectivity index (χ1) is 17.5. The van der Waals surface area contributed by atoms with Gasteiger partial charge in [0.1, 0.15) is 18.2 Å². The van der Waals surface area contributed by atoms with Gasteiger partial charge in [0, 0.05) is 17.8 Å². The number of benzene rings is 2. The summed E-state index contributed by atoms with van der Waals surface area (Å²) in [7, 11) is -3.62. The normalized spacial score (nSPS) is 11.8. The predicted octanol–water partition coefficient (Wildman–Crippen LogP) is 5.71. The maximum Gasteiger partial charge on any atom is 0.435 e. The Balaban J connectivity index is 1.61. The maximum atomic E-state index is 13.2. The summed E-state index contributed by atoms with van der Waals surface area (Å²) in [6.45, 7) is 1.52. The molecule has 0 aliphatic carbocycles. The maximum absolute atomic E-state index is 13.2. The van der Waals surface area contributed by atoms with E-state index in [0.717, 1.165) is 6.20 Å². The SMILES string of the molecule is CCS(=O)(=O)Nc1ccc(-c2cc(Nc3cccnc3C(F)(F)F)n[nH]2)cc1OCc1ccc(F)cc1. The standard InChI is InChI=1S/C24H21F4N5O3S/c1-2-37(34,35)33-18-10-7-16(12-21(18)36-14-15-5-8-17(25)9-6-15)20-13-22(32-31-20)30-19-4-3-11-29-23(19)24(26,27)28/h3-13,33H,2,14H2,1H3,(H2,30,31,32). The van der Waals surface area contributed by atoms with E-state index in [9.17, 15) is 26.0 Å². The number of nitrogens with one attached hydrogen (secondary N) is 3. The third-order valence-electron chi connectivity index (χ3n) is 5.16. The second-order valence-corrected chi connectivity index (χ2v) is 9.83. The van der Waals surface area contributed by atoms with Gasteiger partial charge >= 0.3 is 6.18 Å². The minimum atomic E-state index is -4.65. The Morgan fingerprint density at radius 2 is 1.78 bits per heavy atom. The molecule has 0 bridgehead atoms. The van der Waals surface area contributed by atoms with Crippen LogP contribution >= 0.6 is 0 Å². The summed E-state index contributed by atoms with van der Waals surface area (Å²) in [6.07, 6.45) is -3.60. The molecule has 0 unspecified atom stereocenters. The summed E-state index contributed by atoms with van der Waals surface area (Å²) in [4.78, 5) is 3.40. The van der Waals surface area contributed by atoms with Crippen molar-refractivity contribution in [3.63, 3.8) is 0 Å². The van der Waals surface area contributed by atoms with Gasteiger partial charge in [-0.3, -0.25) is 9.82 Å². The van der Waals surface area contributed by atoms with E-state index < -0.39 is 27.7 Å². The number of halogens is 4. The molecule has 0 aliphatic rings. The molecule has 13 heteroatoms. The summed E-state index contributed by atoms with van der Waals surface area (Å²) < 4.78 is 85.5. The van der Waals surface area contributed by atoms with Gasteiger partial charge in [-0.2, -0.15) is 18.3 Å². The highest BCUT2D eigenvalue weighted by Crippen LogP contribution is 2.35. The summed E-state index contributed by atoms with van der Waals surface area (Å²) in [6, 6.07) is 14.4. The Hall–Kier alpha value is -4.13. The van der Waals surface area contributed by atoms with Gasteiger partial charge in [-0.25, -0.2) is 17.8 Å². The van der Waals surface area contributed by atoms with Crippen molar-refractivity contribution in [2.24, 2.45) is 0 Å². The van der Waals surface area contributed by atoms with Crippen LogP contribution in [0.1, 0.15) is 18.2 Å². The second kappa shape index (κ2) is 10.5. The number of anilines is 3. The highest BCUT2D eigenvalue weighted by Gasteiger charge is 2.35. The van der Waals surface area contributed by atoms with Gasteiger partial charge in [-0.1, -0.05) is 18.2 Å². The lowest BCUT2D eigenvalue weighted by Crippen LogP contribution is -2.15. The molecule has 0 spiro atoms. The summed E-state index contributed by atoms with van der Waals surface area (Å²) in [5.74, 6) is -0.261. The molecule has 4 aromatic rings. The van der Waals surface area contributed by atoms with Crippen molar-refractivity contribution in [3.8, 4) is 17.0 Å². The Morgan fingerprint density at radius 3 is 2.49 bits per heavy atom. The number of rotatable bonds is 9. The number of hydrogen-bond acceptors (Lipinski definition) is 6. The molecule has 0 amide bonds. The molecule has 0 saturated heterocycles. The predicted molar refractivity (Wildman–Crippen MR) is 130 cm³/mol. The number of aromatic nitrogens is 3. The molecule has 2 aromatic heterocycles. The van der Waals surface area contributed by atoms with Crippen LogP contribution in [0.2, 0.25) is 0 Å². The van der Waals surface area contributed by atoms with Crippen LogP contribution < -0.4 is 14.8 Å². The Kier molecular flexibility index (Phi) is 7.34. The van der Waals surface area contributed by atoms with Crippen molar-refractivity contribution >= 4 is 27.2 Å². The number of H-pyrrole nitrogens is 1. The first-order valence-electron chi connectivity index (χ1n) is 10.9. The lowest BCUT2D eigenvalue weighted by Gasteiger charge is -2.14. The zero-order valence-electron chi connectivity index (χ0n) is 19.3. The van der Waals surface area contributed by atoms with Gasteiger partial charge in [-0.15, -0.1) is 0 Å². The number of hydrogen-bond donors (Lipinski definition) is 3. The van der Waals surface area contributed by atoms with Crippen molar-refractivity contribution < 1.29 is 30.7 Å². The molecule has 37 heavy (non-hydrogen) atoms. The second-order valence-electron chi connectivity index (χ2n) is 7.82. The van der Waals surface area contributed by atoms with E-state index in [1.54, 1.807) is 12.1 Å². The highest BCUT2D eigenvalue weighted by atomic mass is 32.2. The fourth-order valence-electron chi connectivity index (χ4n) is 3.28. The average Bonchev–Trinajstić information content (AvgIpc) is 3.32. The van der Waals surface area contributed by atoms with Gasteiger partial charge in [0.05, 0.1) is 22.8 Å². The number of nitrogens with zero attached hydrogens (tertiary/aromatic N) is 2. The van der Waals surface area contributed by atoms with Crippen LogP contribution in [-0.4, -0.2) is 29.4 Å². The molecule has 0 saturated carbocycles. The number of ether oxygens (including phenoxy) is 1. The van der Waals surface area contributed by atoms with Crippen LogP contribution in [0.25, 0.3) is 11.3 Å². The first-order valence-corrected chi connectivity index (χ1v) is 12.6. The highest BCUT2D eigenvalue weighted by molar-refractivity contribution is 7.92. The molecule has 0 aliphatic heterocycles. The minimum absolute atomic E-state index is 0.0294. The summed E-state index contributed by atoms with van der Waals surface area (Å²) in [5, 5.41) is 9.36. The number of aromatic amines is 1. The molecule has 0 fully saturated rings. The van der Waals surface area contributed by atoms with Crippen molar-refractivity contribution in [1.29, 1.82) is 0 Å². The molecule has 8 nitrogen and oxygen atoms in total. The van der Waals surface area contributed by atoms with Crippen molar-refractivity contribution in [3.05, 3.63) is 83.9 Å². The van der Waals surface area contributed by atoms with Crippen LogP contribution in [0.5, 0.6) is 5.75 Å². The Labute approximate surface area is 209 Å². The zero-order valence-corrected chi connectivity index (χ0v) is 20.1. The quantitative estimate of drug-likeness (QED) is 0.237. The summed E-state index contributed by atoms with van der Waals surface area (Å²) >= 11 is 0. The van der Waals surface area contributed by atoms with E-state index in [2.05, 4.69) is 25.2 Å². The number of sulfonamides is 1. The monoisotopic (exact) mass is 535 g/mol. The minimum Gasteiger partial charge on any atom is -0.487 e. The number of pyridine rings is 1. The largest absolute Gasteiger partial charge is 0.487 e. The van der Waals surface area contributed by atoms with Crippen LogP contribution in [0.3, 0.4) is 0 Å². The van der Waals surface area contributed by atoms with Crippen molar-refractivity contribution in [2.75, 3.05) is 15.8 Å². The van der Waals surface area contributed by atoms with Crippen LogP contribution in [0.15, 0.2) is 66.9 Å². The van der Waals surface area contributed by atoms with E-state index in [1.165, 1.54) is 55.5 Å². The van der Waals surface area contributed by atoms with Gasteiger partial charge < -0.3 is 10.1 Å². The van der Waals surface area contributed by atoms with E-state index in [-0.39, 0.29) is 35.3 Å². The fraction of sp³-hybridized carbons (Fsp3) is 0.167. The van der Waals surface area contributed by atoms with Crippen LogP contribution in [0.4, 0.5) is 34.8 Å². The van der Waals surface area contributed by atoms with E-state index >= 15 is 0 Å². The van der Waals surface area contributed by atoms with Crippen LogP contribution in [-0.2, 0) is 22.8 Å². The zero-order chi connectivity index (χ0) is 26.6. The third-order valence-corrected chi connectivity index (χ3v) is 6.45. The smallest absolute Gasteiger partial charge is 0.435 e. The molecule has 0 atom stereocenters. The van der Waals surface area contributed by atoms with Crippen molar-refractivity contribution in [1.82, 2.24) is 15.2 Å². The third kappa shape index (κ3) is 6.55. The van der Waals surface area contributed by atoms with E-state index in [0.29, 0.717) is 16.8 Å². The molecule has 0 radical (unpaired) electrons. The molecule has 2 heterocycles. The summed E-state index contributed by atoms with van der Waals surface area (Å²) in [5.41, 5.74) is 0.453. The molecule has 3 N–H and O–H groups in total. The topological polar surface area (TPSA) is 109 Å². The molecule has 194 valence electrons. The lowest BCUT2D eigenvalue weighted by atomic mass is 10.1. The van der Waals surface area contributed by atoms with Crippen molar-refractivity contribution in [2.45, 2.75) is 19.7 Å². The van der Waals surface area contributed by atoms with Gasteiger partial charge in [-0.05, 0) is 48.9 Å². The van der Waals surface area contributed by atoms with Gasteiger partial charge in [0.25, 0.3) is 0 Å². The van der Waals surface area contributed by atoms with Crippen LogP contribution in [0, 0.1) is 5.82 Å². The van der Waals surface area contributed by atoms with Gasteiger partial charge in [0.2, 0.25) is 10.0 Å². The van der Waals surface area contributed by atoms with E-state index in [1.807, 2.05) is 0 Å². The van der Waals surface area contributed by atoms with Gasteiger partial charge in [0.15, 0.2) is 11.5 Å².